The van der Waals surface area contributed by atoms with Crippen LogP contribution >= 0.6 is 49.9 Å². The minimum atomic E-state index is -0.180. The molecule has 3 nitrogen and oxygen atoms in total. The smallest absolute Gasteiger partial charge is 0.257 e. The number of hydrogen-bond donors (Lipinski definition) is 1. The summed E-state index contributed by atoms with van der Waals surface area (Å²) in [5, 5.41) is 11.8. The SMILES string of the molecule is CN(Cc1cc(Br)cs1)C(=O)c1cc(I)ccc1O. The lowest BCUT2D eigenvalue weighted by atomic mass is 10.2. The third kappa shape index (κ3) is 3.70. The molecule has 1 amide bonds. The maximum Gasteiger partial charge on any atom is 0.257 e. The second-order valence-electron chi connectivity index (χ2n) is 4.05. The van der Waals surface area contributed by atoms with Crippen LogP contribution in [-0.2, 0) is 6.54 Å². The van der Waals surface area contributed by atoms with E-state index in [4.69, 9.17) is 0 Å². The molecular formula is C13H11BrINO2S. The van der Waals surface area contributed by atoms with Crippen LogP contribution in [0.1, 0.15) is 15.2 Å². The number of thiophene rings is 1. The summed E-state index contributed by atoms with van der Waals surface area (Å²) in [6.45, 7) is 0.528. The van der Waals surface area contributed by atoms with E-state index in [2.05, 4.69) is 38.5 Å². The van der Waals surface area contributed by atoms with E-state index in [0.29, 0.717) is 12.1 Å². The first kappa shape index (κ1) is 14.8. The number of carbonyl (C=O) groups is 1. The fraction of sp³-hybridized carbons (Fsp3) is 0.154. The van der Waals surface area contributed by atoms with Crippen LogP contribution in [0.5, 0.6) is 5.75 Å². The highest BCUT2D eigenvalue weighted by Crippen LogP contribution is 2.24. The summed E-state index contributed by atoms with van der Waals surface area (Å²) in [7, 11) is 1.73. The fourth-order valence-electron chi connectivity index (χ4n) is 1.63. The van der Waals surface area contributed by atoms with Gasteiger partial charge in [0.05, 0.1) is 12.1 Å². The Bertz CT molecular complexity index is 614. The third-order valence-corrected chi connectivity index (χ3v) is 4.90. The molecule has 0 aliphatic rings. The Morgan fingerprint density at radius 2 is 2.21 bits per heavy atom. The standard InChI is InChI=1S/C13H11BrINO2S/c1-16(6-10-4-8(14)7-19-10)13(18)11-5-9(15)2-3-12(11)17/h2-5,7,17H,6H2,1H3. The molecule has 0 saturated carbocycles. The Kier molecular flexibility index (Phi) is 4.86. The molecule has 0 aliphatic carbocycles. The predicted molar refractivity (Wildman–Crippen MR) is 88.6 cm³/mol. The van der Waals surface area contributed by atoms with Crippen molar-refractivity contribution >= 4 is 55.8 Å². The molecule has 0 radical (unpaired) electrons. The van der Waals surface area contributed by atoms with Crippen molar-refractivity contribution in [1.29, 1.82) is 0 Å². The van der Waals surface area contributed by atoms with E-state index in [0.717, 1.165) is 12.9 Å². The second-order valence-corrected chi connectivity index (χ2v) is 7.21. The molecule has 19 heavy (non-hydrogen) atoms. The number of hydrogen-bond acceptors (Lipinski definition) is 3. The fourth-order valence-corrected chi connectivity index (χ4v) is 3.62. The summed E-state index contributed by atoms with van der Waals surface area (Å²) in [5.74, 6) is -0.162. The normalized spacial score (nSPS) is 10.5. The van der Waals surface area contributed by atoms with Crippen LogP contribution in [0.15, 0.2) is 34.1 Å². The third-order valence-electron chi connectivity index (χ3n) is 2.55. The van der Waals surface area contributed by atoms with E-state index in [1.165, 1.54) is 0 Å². The topological polar surface area (TPSA) is 40.5 Å². The number of halogens is 2. The minimum absolute atomic E-state index is 0.0182. The first-order valence-electron chi connectivity index (χ1n) is 5.44. The minimum Gasteiger partial charge on any atom is -0.507 e. The second kappa shape index (κ2) is 6.23. The molecule has 1 aromatic heterocycles. The first-order chi connectivity index (χ1) is 8.97. The maximum absolute atomic E-state index is 12.3. The first-order valence-corrected chi connectivity index (χ1v) is 8.19. The summed E-state index contributed by atoms with van der Waals surface area (Å²) in [6, 6.07) is 7.00. The molecule has 0 aliphatic heterocycles. The summed E-state index contributed by atoms with van der Waals surface area (Å²) < 4.78 is 1.94. The summed E-state index contributed by atoms with van der Waals surface area (Å²) >= 11 is 7.10. The highest BCUT2D eigenvalue weighted by Gasteiger charge is 2.16. The Morgan fingerprint density at radius 1 is 1.47 bits per heavy atom. The molecule has 2 aromatic rings. The molecule has 1 N–H and O–H groups in total. The van der Waals surface area contributed by atoms with Crippen molar-refractivity contribution < 1.29 is 9.90 Å². The lowest BCUT2D eigenvalue weighted by Crippen LogP contribution is -2.25. The summed E-state index contributed by atoms with van der Waals surface area (Å²) in [5.41, 5.74) is 0.338. The number of phenolic OH excluding ortho intramolecular Hbond substituents is 1. The summed E-state index contributed by atoms with van der Waals surface area (Å²) in [4.78, 5) is 15.0. The number of benzene rings is 1. The van der Waals surface area contributed by atoms with Gasteiger partial charge in [-0.2, -0.15) is 0 Å². The molecule has 0 bridgehead atoms. The van der Waals surface area contributed by atoms with Crippen molar-refractivity contribution in [3.8, 4) is 5.75 Å². The van der Waals surface area contributed by atoms with E-state index in [9.17, 15) is 9.90 Å². The molecule has 0 unspecified atom stereocenters. The zero-order valence-corrected chi connectivity index (χ0v) is 14.6. The van der Waals surface area contributed by atoms with Gasteiger partial charge in [0.2, 0.25) is 0 Å². The molecule has 100 valence electrons. The Hall–Kier alpha value is -0.600. The number of rotatable bonds is 3. The molecule has 1 heterocycles. The van der Waals surface area contributed by atoms with Crippen LogP contribution in [-0.4, -0.2) is 23.0 Å². The Morgan fingerprint density at radius 3 is 2.84 bits per heavy atom. The van der Waals surface area contributed by atoms with Gasteiger partial charge in [0.25, 0.3) is 5.91 Å². The van der Waals surface area contributed by atoms with Crippen molar-refractivity contribution in [2.45, 2.75) is 6.54 Å². The van der Waals surface area contributed by atoms with Gasteiger partial charge < -0.3 is 10.0 Å². The van der Waals surface area contributed by atoms with Gasteiger partial charge in [-0.3, -0.25) is 4.79 Å². The van der Waals surface area contributed by atoms with Crippen LogP contribution in [0.3, 0.4) is 0 Å². The molecule has 6 heteroatoms. The average Bonchev–Trinajstić information content (AvgIpc) is 2.77. The largest absolute Gasteiger partial charge is 0.507 e. The maximum atomic E-state index is 12.3. The van der Waals surface area contributed by atoms with Crippen molar-refractivity contribution in [2.24, 2.45) is 0 Å². The van der Waals surface area contributed by atoms with E-state index in [1.54, 1.807) is 41.5 Å². The van der Waals surface area contributed by atoms with Crippen LogP contribution in [0, 0.1) is 3.57 Å². The number of phenols is 1. The predicted octanol–water partition coefficient (Wildman–Crippen LogP) is 4.09. The van der Waals surface area contributed by atoms with Gasteiger partial charge in [-0.05, 0) is 62.8 Å². The van der Waals surface area contributed by atoms with Gasteiger partial charge in [-0.15, -0.1) is 11.3 Å². The van der Waals surface area contributed by atoms with Gasteiger partial charge in [0, 0.05) is 25.3 Å². The Labute approximate surface area is 137 Å². The molecule has 0 spiro atoms. The average molecular weight is 452 g/mol. The van der Waals surface area contributed by atoms with Crippen LogP contribution in [0.2, 0.25) is 0 Å². The van der Waals surface area contributed by atoms with E-state index in [1.807, 2.05) is 11.4 Å². The highest BCUT2D eigenvalue weighted by molar-refractivity contribution is 14.1. The summed E-state index contributed by atoms with van der Waals surface area (Å²) in [6.07, 6.45) is 0. The highest BCUT2D eigenvalue weighted by atomic mass is 127. The number of nitrogens with zero attached hydrogens (tertiary/aromatic N) is 1. The zero-order valence-electron chi connectivity index (χ0n) is 10.1. The lowest BCUT2D eigenvalue weighted by Gasteiger charge is -2.17. The van der Waals surface area contributed by atoms with Crippen molar-refractivity contribution in [3.63, 3.8) is 0 Å². The monoisotopic (exact) mass is 451 g/mol. The number of aromatic hydroxyl groups is 1. The van der Waals surface area contributed by atoms with Crippen molar-refractivity contribution in [3.05, 3.63) is 48.1 Å². The van der Waals surface area contributed by atoms with Crippen molar-refractivity contribution in [2.75, 3.05) is 7.05 Å². The molecule has 1 aromatic carbocycles. The van der Waals surface area contributed by atoms with Gasteiger partial charge >= 0.3 is 0 Å². The number of amides is 1. The quantitative estimate of drug-likeness (QED) is 0.714. The zero-order chi connectivity index (χ0) is 14.0. The van der Waals surface area contributed by atoms with E-state index >= 15 is 0 Å². The molecule has 2 rings (SSSR count). The van der Waals surface area contributed by atoms with Crippen LogP contribution < -0.4 is 0 Å². The van der Waals surface area contributed by atoms with Gasteiger partial charge in [0.15, 0.2) is 0 Å². The van der Waals surface area contributed by atoms with Gasteiger partial charge in [-0.25, -0.2) is 0 Å². The van der Waals surface area contributed by atoms with Crippen LogP contribution in [0.25, 0.3) is 0 Å². The molecule has 0 fully saturated rings. The van der Waals surface area contributed by atoms with Crippen LogP contribution in [0.4, 0.5) is 0 Å². The van der Waals surface area contributed by atoms with Gasteiger partial charge in [-0.1, -0.05) is 0 Å². The molecule has 0 saturated heterocycles. The van der Waals surface area contributed by atoms with Crippen molar-refractivity contribution in [1.82, 2.24) is 4.90 Å². The van der Waals surface area contributed by atoms with E-state index < -0.39 is 0 Å². The Balaban J connectivity index is 2.16. The molecular weight excluding hydrogens is 441 g/mol. The van der Waals surface area contributed by atoms with Gasteiger partial charge in [0.1, 0.15) is 5.75 Å². The number of carbonyl (C=O) groups excluding carboxylic acids is 1. The lowest BCUT2D eigenvalue weighted by molar-refractivity contribution is 0.0783. The molecule has 0 atom stereocenters. The van der Waals surface area contributed by atoms with E-state index in [-0.39, 0.29) is 11.7 Å².